The van der Waals surface area contributed by atoms with Crippen LogP contribution in [0.1, 0.15) is 31.4 Å². The van der Waals surface area contributed by atoms with Crippen molar-refractivity contribution in [1.82, 2.24) is 4.98 Å². The first-order chi connectivity index (χ1) is 8.61. The van der Waals surface area contributed by atoms with Crippen LogP contribution in [-0.4, -0.2) is 24.6 Å². The summed E-state index contributed by atoms with van der Waals surface area (Å²) >= 11 is 0. The standard InChI is InChI=1S/C15H25N3/c1-11-5-7-18(10-13(11)3)15-12(2)8-14(4-6-16)9-17-15/h8-9,11,13H,4-7,10,16H2,1-3H3. The molecule has 1 saturated heterocycles. The minimum absolute atomic E-state index is 0.693. The van der Waals surface area contributed by atoms with E-state index in [-0.39, 0.29) is 0 Å². The SMILES string of the molecule is Cc1cc(CCN)cnc1N1CCC(C)C(C)C1. The molecule has 0 aromatic carbocycles. The number of pyridine rings is 1. The van der Waals surface area contributed by atoms with Crippen LogP contribution >= 0.6 is 0 Å². The summed E-state index contributed by atoms with van der Waals surface area (Å²) < 4.78 is 0. The third-order valence-electron chi connectivity index (χ3n) is 4.17. The van der Waals surface area contributed by atoms with E-state index in [4.69, 9.17) is 5.73 Å². The minimum Gasteiger partial charge on any atom is -0.356 e. The lowest BCUT2D eigenvalue weighted by atomic mass is 9.88. The van der Waals surface area contributed by atoms with E-state index in [1.165, 1.54) is 17.5 Å². The molecule has 1 aromatic rings. The quantitative estimate of drug-likeness (QED) is 0.891. The number of hydrogen-bond acceptors (Lipinski definition) is 3. The van der Waals surface area contributed by atoms with Crippen LogP contribution in [-0.2, 0) is 6.42 Å². The predicted octanol–water partition coefficient (Wildman–Crippen LogP) is 2.37. The molecule has 0 spiro atoms. The van der Waals surface area contributed by atoms with Crippen molar-refractivity contribution in [3.05, 3.63) is 23.4 Å². The molecule has 2 N–H and O–H groups in total. The van der Waals surface area contributed by atoms with Gasteiger partial charge in [-0.05, 0) is 49.3 Å². The summed E-state index contributed by atoms with van der Waals surface area (Å²) in [5.41, 5.74) is 8.11. The Morgan fingerprint density at radius 2 is 2.17 bits per heavy atom. The number of aromatic nitrogens is 1. The Balaban J connectivity index is 2.13. The molecule has 1 fully saturated rings. The first-order valence-electron chi connectivity index (χ1n) is 7.02. The lowest BCUT2D eigenvalue weighted by Crippen LogP contribution is -2.39. The zero-order valence-electron chi connectivity index (χ0n) is 11.8. The van der Waals surface area contributed by atoms with Crippen molar-refractivity contribution >= 4 is 5.82 Å². The smallest absolute Gasteiger partial charge is 0.131 e. The maximum atomic E-state index is 5.59. The Labute approximate surface area is 110 Å². The molecule has 1 aliphatic heterocycles. The monoisotopic (exact) mass is 247 g/mol. The summed E-state index contributed by atoms with van der Waals surface area (Å²) in [6.45, 7) is 9.81. The van der Waals surface area contributed by atoms with Gasteiger partial charge in [-0.25, -0.2) is 4.98 Å². The van der Waals surface area contributed by atoms with Crippen LogP contribution in [0, 0.1) is 18.8 Å². The molecule has 0 bridgehead atoms. The van der Waals surface area contributed by atoms with Gasteiger partial charge < -0.3 is 10.6 Å². The predicted molar refractivity (Wildman–Crippen MR) is 76.9 cm³/mol. The van der Waals surface area contributed by atoms with Crippen LogP contribution in [0.2, 0.25) is 0 Å². The molecule has 2 heterocycles. The summed E-state index contributed by atoms with van der Waals surface area (Å²) in [7, 11) is 0. The summed E-state index contributed by atoms with van der Waals surface area (Å²) in [5, 5.41) is 0. The lowest BCUT2D eigenvalue weighted by molar-refractivity contribution is 0.322. The molecular formula is C15H25N3. The maximum absolute atomic E-state index is 5.59. The molecule has 2 atom stereocenters. The molecule has 1 aromatic heterocycles. The van der Waals surface area contributed by atoms with Gasteiger partial charge in [-0.1, -0.05) is 19.9 Å². The van der Waals surface area contributed by atoms with E-state index >= 15 is 0 Å². The van der Waals surface area contributed by atoms with E-state index in [0.717, 1.165) is 37.2 Å². The van der Waals surface area contributed by atoms with E-state index in [9.17, 15) is 0 Å². The fourth-order valence-electron chi connectivity index (χ4n) is 2.72. The number of aryl methyl sites for hydroxylation is 1. The van der Waals surface area contributed by atoms with Crippen molar-refractivity contribution in [1.29, 1.82) is 0 Å². The zero-order chi connectivity index (χ0) is 13.1. The van der Waals surface area contributed by atoms with Crippen molar-refractivity contribution in [3.63, 3.8) is 0 Å². The molecule has 0 aliphatic carbocycles. The zero-order valence-corrected chi connectivity index (χ0v) is 11.8. The fraction of sp³-hybridized carbons (Fsp3) is 0.667. The van der Waals surface area contributed by atoms with Crippen LogP contribution in [0.3, 0.4) is 0 Å². The molecule has 0 radical (unpaired) electrons. The Kier molecular flexibility index (Phi) is 4.23. The topological polar surface area (TPSA) is 42.1 Å². The molecule has 0 saturated carbocycles. The third-order valence-corrected chi connectivity index (χ3v) is 4.17. The first kappa shape index (κ1) is 13.3. The fourth-order valence-corrected chi connectivity index (χ4v) is 2.72. The first-order valence-corrected chi connectivity index (χ1v) is 7.02. The van der Waals surface area contributed by atoms with Gasteiger partial charge in [-0.2, -0.15) is 0 Å². The average molecular weight is 247 g/mol. The van der Waals surface area contributed by atoms with Gasteiger partial charge in [0.25, 0.3) is 0 Å². The van der Waals surface area contributed by atoms with Gasteiger partial charge >= 0.3 is 0 Å². The van der Waals surface area contributed by atoms with Crippen molar-refractivity contribution in [2.75, 3.05) is 24.5 Å². The highest BCUT2D eigenvalue weighted by atomic mass is 15.2. The van der Waals surface area contributed by atoms with Crippen LogP contribution in [0.15, 0.2) is 12.3 Å². The molecule has 18 heavy (non-hydrogen) atoms. The molecule has 100 valence electrons. The molecule has 3 nitrogen and oxygen atoms in total. The second-order valence-corrected chi connectivity index (χ2v) is 5.71. The second-order valence-electron chi connectivity index (χ2n) is 5.71. The van der Waals surface area contributed by atoms with Crippen LogP contribution in [0.25, 0.3) is 0 Å². The number of nitrogens with two attached hydrogens (primary N) is 1. The maximum Gasteiger partial charge on any atom is 0.131 e. The van der Waals surface area contributed by atoms with Crippen molar-refractivity contribution in [2.45, 2.75) is 33.6 Å². The third kappa shape index (κ3) is 2.83. The highest BCUT2D eigenvalue weighted by Gasteiger charge is 2.24. The molecular weight excluding hydrogens is 222 g/mol. The van der Waals surface area contributed by atoms with E-state index in [2.05, 4.69) is 36.7 Å². The van der Waals surface area contributed by atoms with Gasteiger partial charge in [0, 0.05) is 19.3 Å². The van der Waals surface area contributed by atoms with Gasteiger partial charge in [0.2, 0.25) is 0 Å². The molecule has 1 aliphatic rings. The Hall–Kier alpha value is -1.09. The van der Waals surface area contributed by atoms with E-state index in [0.29, 0.717) is 6.54 Å². The summed E-state index contributed by atoms with van der Waals surface area (Å²) in [6.07, 6.45) is 4.17. The molecule has 2 rings (SSSR count). The number of rotatable bonds is 3. The summed E-state index contributed by atoms with van der Waals surface area (Å²) in [4.78, 5) is 7.09. The van der Waals surface area contributed by atoms with Crippen LogP contribution in [0.5, 0.6) is 0 Å². The van der Waals surface area contributed by atoms with Crippen LogP contribution in [0.4, 0.5) is 5.82 Å². The largest absolute Gasteiger partial charge is 0.356 e. The Bertz CT molecular complexity index is 403. The van der Waals surface area contributed by atoms with Gasteiger partial charge in [-0.3, -0.25) is 0 Å². The number of anilines is 1. The van der Waals surface area contributed by atoms with Gasteiger partial charge in [0.05, 0.1) is 0 Å². The lowest BCUT2D eigenvalue weighted by Gasteiger charge is -2.36. The number of nitrogens with zero attached hydrogens (tertiary/aromatic N) is 2. The van der Waals surface area contributed by atoms with Gasteiger partial charge in [-0.15, -0.1) is 0 Å². The van der Waals surface area contributed by atoms with E-state index in [1.54, 1.807) is 0 Å². The van der Waals surface area contributed by atoms with E-state index in [1.807, 2.05) is 6.20 Å². The minimum atomic E-state index is 0.693. The van der Waals surface area contributed by atoms with Crippen LogP contribution < -0.4 is 10.6 Å². The van der Waals surface area contributed by atoms with Crippen molar-refractivity contribution in [2.24, 2.45) is 17.6 Å². The normalized spacial score (nSPS) is 24.3. The Morgan fingerprint density at radius 1 is 1.39 bits per heavy atom. The summed E-state index contributed by atoms with van der Waals surface area (Å²) in [6, 6.07) is 2.23. The highest BCUT2D eigenvalue weighted by molar-refractivity contribution is 5.47. The molecule has 0 amide bonds. The number of hydrogen-bond donors (Lipinski definition) is 1. The molecule has 3 heteroatoms. The average Bonchev–Trinajstić information content (AvgIpc) is 2.34. The molecule has 2 unspecified atom stereocenters. The highest BCUT2D eigenvalue weighted by Crippen LogP contribution is 2.27. The summed E-state index contributed by atoms with van der Waals surface area (Å²) in [5.74, 6) is 2.75. The van der Waals surface area contributed by atoms with Crippen molar-refractivity contribution in [3.8, 4) is 0 Å². The second kappa shape index (κ2) is 5.70. The number of piperidine rings is 1. The van der Waals surface area contributed by atoms with E-state index < -0.39 is 0 Å². The Morgan fingerprint density at radius 3 is 2.78 bits per heavy atom. The van der Waals surface area contributed by atoms with Gasteiger partial charge in [0.1, 0.15) is 5.82 Å². The van der Waals surface area contributed by atoms with Gasteiger partial charge in [0.15, 0.2) is 0 Å². The van der Waals surface area contributed by atoms with Crippen molar-refractivity contribution < 1.29 is 0 Å².